The quantitative estimate of drug-likeness (QED) is 0.851. The number of primary amides is 1. The van der Waals surface area contributed by atoms with E-state index in [9.17, 15) is 9.18 Å². The lowest BCUT2D eigenvalue weighted by Crippen LogP contribution is -2.38. The zero-order valence-electron chi connectivity index (χ0n) is 12.5. The van der Waals surface area contributed by atoms with E-state index in [1.165, 1.54) is 12.1 Å². The van der Waals surface area contributed by atoms with Gasteiger partial charge in [-0.1, -0.05) is 17.7 Å². The van der Waals surface area contributed by atoms with Crippen molar-refractivity contribution in [2.75, 3.05) is 39.8 Å². The third kappa shape index (κ3) is 4.64. The Balaban J connectivity index is 2.16. The number of carbonyl (C=O) groups is 1. The molecule has 0 bridgehead atoms. The summed E-state index contributed by atoms with van der Waals surface area (Å²) < 4.78 is 19.6. The standard InChI is InChI=1S/C15H21ClFN3O2/c1-20(9-14(18)21)8-11-7-19-4-5-22-15(11)10-2-3-12(16)13(17)6-10/h2-3,6,11,15,19H,4-5,7-9H2,1H3,(H2,18,21)/t11-,15-/m0/s1. The first-order valence-corrected chi connectivity index (χ1v) is 7.59. The Morgan fingerprint density at radius 2 is 2.36 bits per heavy atom. The number of likely N-dealkylation sites (N-methyl/N-ethyl adjacent to an activating group) is 1. The zero-order chi connectivity index (χ0) is 16.1. The van der Waals surface area contributed by atoms with E-state index >= 15 is 0 Å². The van der Waals surface area contributed by atoms with Gasteiger partial charge in [0.1, 0.15) is 5.82 Å². The Labute approximate surface area is 134 Å². The van der Waals surface area contributed by atoms with Crippen molar-refractivity contribution in [3.63, 3.8) is 0 Å². The van der Waals surface area contributed by atoms with Crippen molar-refractivity contribution < 1.29 is 13.9 Å². The van der Waals surface area contributed by atoms with E-state index in [4.69, 9.17) is 22.1 Å². The summed E-state index contributed by atoms with van der Waals surface area (Å²) in [5.41, 5.74) is 5.97. The van der Waals surface area contributed by atoms with E-state index in [2.05, 4.69) is 5.32 Å². The van der Waals surface area contributed by atoms with Crippen molar-refractivity contribution in [2.45, 2.75) is 6.10 Å². The molecule has 0 aliphatic carbocycles. The number of benzene rings is 1. The van der Waals surface area contributed by atoms with Crippen LogP contribution in [0.3, 0.4) is 0 Å². The van der Waals surface area contributed by atoms with Gasteiger partial charge in [-0.25, -0.2) is 4.39 Å². The van der Waals surface area contributed by atoms with Crippen LogP contribution in [0.4, 0.5) is 4.39 Å². The topological polar surface area (TPSA) is 67.6 Å². The van der Waals surface area contributed by atoms with Gasteiger partial charge >= 0.3 is 0 Å². The number of halogens is 2. The molecule has 22 heavy (non-hydrogen) atoms. The molecule has 1 aliphatic heterocycles. The second-order valence-corrected chi connectivity index (χ2v) is 6.00. The number of nitrogens with two attached hydrogens (primary N) is 1. The summed E-state index contributed by atoms with van der Waals surface area (Å²) in [6, 6.07) is 4.74. The summed E-state index contributed by atoms with van der Waals surface area (Å²) in [6.45, 7) is 2.80. The van der Waals surface area contributed by atoms with E-state index < -0.39 is 5.82 Å². The van der Waals surface area contributed by atoms with Crippen molar-refractivity contribution in [3.05, 3.63) is 34.6 Å². The van der Waals surface area contributed by atoms with Crippen molar-refractivity contribution in [1.82, 2.24) is 10.2 Å². The monoisotopic (exact) mass is 329 g/mol. The maximum Gasteiger partial charge on any atom is 0.231 e. The van der Waals surface area contributed by atoms with Crippen LogP contribution < -0.4 is 11.1 Å². The molecule has 1 heterocycles. The molecule has 0 unspecified atom stereocenters. The molecular formula is C15H21ClFN3O2. The molecule has 1 saturated heterocycles. The van der Waals surface area contributed by atoms with Crippen LogP contribution in [0.1, 0.15) is 11.7 Å². The minimum atomic E-state index is -0.454. The molecule has 0 spiro atoms. The molecule has 122 valence electrons. The lowest BCUT2D eigenvalue weighted by Gasteiger charge is -2.28. The number of carbonyl (C=O) groups excluding carboxylic acids is 1. The van der Waals surface area contributed by atoms with Crippen LogP contribution in [-0.4, -0.2) is 50.6 Å². The first-order valence-electron chi connectivity index (χ1n) is 7.21. The van der Waals surface area contributed by atoms with Gasteiger partial charge in [0.25, 0.3) is 0 Å². The highest BCUT2D eigenvalue weighted by atomic mass is 35.5. The van der Waals surface area contributed by atoms with E-state index in [-0.39, 0.29) is 29.5 Å². The highest BCUT2D eigenvalue weighted by molar-refractivity contribution is 6.30. The Morgan fingerprint density at radius 1 is 1.59 bits per heavy atom. The second-order valence-electron chi connectivity index (χ2n) is 5.59. The fraction of sp³-hybridized carbons (Fsp3) is 0.533. The summed E-state index contributed by atoms with van der Waals surface area (Å²) in [5.74, 6) is -0.754. The van der Waals surface area contributed by atoms with Crippen LogP contribution in [0.5, 0.6) is 0 Å². The maximum absolute atomic E-state index is 13.7. The molecule has 1 aromatic carbocycles. The molecule has 0 aromatic heterocycles. The van der Waals surface area contributed by atoms with Gasteiger partial charge in [-0.2, -0.15) is 0 Å². The molecule has 5 nitrogen and oxygen atoms in total. The highest BCUT2D eigenvalue weighted by Gasteiger charge is 2.28. The smallest absolute Gasteiger partial charge is 0.231 e. The number of hydrogen-bond donors (Lipinski definition) is 2. The number of rotatable bonds is 5. The molecule has 2 rings (SSSR count). The average Bonchev–Trinajstić information content (AvgIpc) is 2.66. The zero-order valence-corrected chi connectivity index (χ0v) is 13.3. The number of ether oxygens (including phenoxy) is 1. The van der Waals surface area contributed by atoms with E-state index in [1.54, 1.807) is 6.07 Å². The molecule has 1 aromatic rings. The van der Waals surface area contributed by atoms with Gasteiger partial charge in [-0.05, 0) is 24.7 Å². The normalized spacial score (nSPS) is 22.5. The fourth-order valence-electron chi connectivity index (χ4n) is 2.74. The molecule has 1 aliphatic rings. The van der Waals surface area contributed by atoms with Gasteiger partial charge < -0.3 is 15.8 Å². The summed E-state index contributed by atoms with van der Waals surface area (Å²) >= 11 is 5.74. The first kappa shape index (κ1) is 17.1. The van der Waals surface area contributed by atoms with Crippen LogP contribution >= 0.6 is 11.6 Å². The predicted molar refractivity (Wildman–Crippen MR) is 83.2 cm³/mol. The van der Waals surface area contributed by atoms with Gasteiger partial charge in [0.05, 0.1) is 24.3 Å². The van der Waals surface area contributed by atoms with E-state index in [0.717, 1.165) is 18.7 Å². The van der Waals surface area contributed by atoms with Crippen molar-refractivity contribution in [2.24, 2.45) is 11.7 Å². The molecule has 3 N–H and O–H groups in total. The molecule has 2 atom stereocenters. The predicted octanol–water partition coefficient (Wildman–Crippen LogP) is 1.17. The molecule has 1 fully saturated rings. The van der Waals surface area contributed by atoms with Crippen LogP contribution in [0, 0.1) is 11.7 Å². The van der Waals surface area contributed by atoms with E-state index in [1.807, 2.05) is 11.9 Å². The maximum atomic E-state index is 13.7. The number of nitrogens with one attached hydrogen (secondary N) is 1. The number of nitrogens with zero attached hydrogens (tertiary/aromatic N) is 1. The van der Waals surface area contributed by atoms with Gasteiger partial charge in [-0.15, -0.1) is 0 Å². The summed E-state index contributed by atoms with van der Waals surface area (Å²) in [4.78, 5) is 12.9. The molecule has 0 saturated carbocycles. The van der Waals surface area contributed by atoms with Crippen LogP contribution in [0.15, 0.2) is 18.2 Å². The summed E-state index contributed by atoms with van der Waals surface area (Å²) in [7, 11) is 1.83. The van der Waals surface area contributed by atoms with Gasteiger partial charge in [-0.3, -0.25) is 9.69 Å². The van der Waals surface area contributed by atoms with Crippen molar-refractivity contribution >= 4 is 17.5 Å². The Morgan fingerprint density at radius 3 is 3.05 bits per heavy atom. The van der Waals surface area contributed by atoms with Crippen molar-refractivity contribution in [3.8, 4) is 0 Å². The summed E-state index contributed by atoms with van der Waals surface area (Å²) in [6.07, 6.45) is -0.253. The first-order chi connectivity index (χ1) is 10.5. The minimum absolute atomic E-state index is 0.0763. The van der Waals surface area contributed by atoms with Crippen LogP contribution in [0.25, 0.3) is 0 Å². The van der Waals surface area contributed by atoms with Gasteiger partial charge in [0.2, 0.25) is 5.91 Å². The van der Waals surface area contributed by atoms with Crippen LogP contribution in [-0.2, 0) is 9.53 Å². The van der Waals surface area contributed by atoms with Crippen LogP contribution in [0.2, 0.25) is 5.02 Å². The molecule has 7 heteroatoms. The summed E-state index contributed by atoms with van der Waals surface area (Å²) in [5, 5.41) is 3.39. The van der Waals surface area contributed by atoms with Gasteiger partial charge in [0.15, 0.2) is 0 Å². The Hall–Kier alpha value is -1.21. The lowest BCUT2D eigenvalue weighted by molar-refractivity contribution is -0.119. The fourth-order valence-corrected chi connectivity index (χ4v) is 2.86. The Kier molecular flexibility index (Phi) is 6.14. The molecular weight excluding hydrogens is 309 g/mol. The van der Waals surface area contributed by atoms with Gasteiger partial charge in [0, 0.05) is 25.6 Å². The van der Waals surface area contributed by atoms with E-state index in [0.29, 0.717) is 13.2 Å². The number of hydrogen-bond acceptors (Lipinski definition) is 4. The largest absolute Gasteiger partial charge is 0.372 e. The lowest BCUT2D eigenvalue weighted by atomic mass is 9.94. The molecule has 0 radical (unpaired) electrons. The minimum Gasteiger partial charge on any atom is -0.372 e. The molecule has 1 amide bonds. The Bertz CT molecular complexity index is 530. The van der Waals surface area contributed by atoms with Crippen molar-refractivity contribution in [1.29, 1.82) is 0 Å². The number of amides is 1. The highest BCUT2D eigenvalue weighted by Crippen LogP contribution is 2.30. The second kappa shape index (κ2) is 7.87. The third-order valence-electron chi connectivity index (χ3n) is 3.66. The SMILES string of the molecule is CN(CC(N)=O)C[C@@H]1CNCCO[C@H]1c1ccc(Cl)c(F)c1. The average molecular weight is 330 g/mol. The third-order valence-corrected chi connectivity index (χ3v) is 3.96.